The zero-order valence-electron chi connectivity index (χ0n) is 16.3. The third kappa shape index (κ3) is 4.18. The summed E-state index contributed by atoms with van der Waals surface area (Å²) >= 11 is 0. The highest BCUT2D eigenvalue weighted by Gasteiger charge is 2.34. The first kappa shape index (κ1) is 18.5. The van der Waals surface area contributed by atoms with Crippen molar-refractivity contribution < 1.29 is 9.52 Å². The molecule has 4 heterocycles. The topological polar surface area (TPSA) is 56.0 Å². The molecule has 4 rings (SSSR count). The maximum Gasteiger partial charge on any atom is 0.128 e. The third-order valence-electron chi connectivity index (χ3n) is 5.98. The van der Waals surface area contributed by atoms with E-state index in [-0.39, 0.29) is 12.1 Å². The average molecular weight is 370 g/mol. The Morgan fingerprint density at radius 1 is 1.15 bits per heavy atom. The predicted octanol–water partition coefficient (Wildman–Crippen LogP) is 2.05. The second-order valence-corrected chi connectivity index (χ2v) is 7.82. The van der Waals surface area contributed by atoms with Crippen LogP contribution in [-0.4, -0.2) is 71.3 Å². The fraction of sp³-hybridized carbons (Fsp3) is 0.571. The molecule has 2 aliphatic rings. The number of anilines is 1. The maximum atomic E-state index is 10.8. The van der Waals surface area contributed by atoms with Gasteiger partial charge in [0, 0.05) is 51.5 Å². The van der Waals surface area contributed by atoms with Gasteiger partial charge in [-0.25, -0.2) is 4.98 Å². The van der Waals surface area contributed by atoms with Crippen LogP contribution in [0.25, 0.3) is 0 Å². The smallest absolute Gasteiger partial charge is 0.128 e. The van der Waals surface area contributed by atoms with Crippen LogP contribution in [0, 0.1) is 13.8 Å². The molecule has 2 saturated heterocycles. The molecule has 6 heteroatoms. The molecule has 0 aromatic carbocycles. The van der Waals surface area contributed by atoms with Gasteiger partial charge in [0.05, 0.1) is 12.6 Å². The fourth-order valence-corrected chi connectivity index (χ4v) is 4.33. The van der Waals surface area contributed by atoms with Crippen LogP contribution in [-0.2, 0) is 6.54 Å². The Bertz CT molecular complexity index is 720. The first-order valence-electron chi connectivity index (χ1n) is 9.96. The molecule has 0 unspecified atom stereocenters. The number of aliphatic hydroxyl groups excluding tert-OH is 1. The first-order chi connectivity index (χ1) is 13.1. The van der Waals surface area contributed by atoms with Crippen LogP contribution in [0.3, 0.4) is 0 Å². The summed E-state index contributed by atoms with van der Waals surface area (Å²) in [5.74, 6) is 3.04. The lowest BCUT2D eigenvalue weighted by atomic mass is 9.99. The number of aliphatic hydroxyl groups is 1. The Kier molecular flexibility index (Phi) is 5.48. The van der Waals surface area contributed by atoms with Gasteiger partial charge in [0.15, 0.2) is 0 Å². The van der Waals surface area contributed by atoms with Gasteiger partial charge >= 0.3 is 0 Å². The summed E-state index contributed by atoms with van der Waals surface area (Å²) in [6, 6.07) is 8.43. The Hall–Kier alpha value is -1.89. The van der Waals surface area contributed by atoms with E-state index in [0.29, 0.717) is 6.54 Å². The SMILES string of the molecule is Cc1cc(CN2CC[C@@H](N3CCN(c4ccccn4)CC3)[C@H](O)C2)oc1C. The molecule has 2 fully saturated rings. The minimum atomic E-state index is -0.308. The Labute approximate surface area is 161 Å². The molecule has 27 heavy (non-hydrogen) atoms. The highest BCUT2D eigenvalue weighted by atomic mass is 16.3. The number of furan rings is 1. The minimum Gasteiger partial charge on any atom is -0.465 e. The Balaban J connectivity index is 1.29. The maximum absolute atomic E-state index is 10.8. The van der Waals surface area contributed by atoms with Crippen molar-refractivity contribution in [1.29, 1.82) is 0 Å². The zero-order chi connectivity index (χ0) is 18.8. The number of likely N-dealkylation sites (tertiary alicyclic amines) is 1. The van der Waals surface area contributed by atoms with E-state index in [1.54, 1.807) is 0 Å². The van der Waals surface area contributed by atoms with E-state index in [2.05, 4.69) is 38.7 Å². The molecular formula is C21H30N4O2. The highest BCUT2D eigenvalue weighted by molar-refractivity contribution is 5.38. The van der Waals surface area contributed by atoms with Crippen molar-refractivity contribution in [2.75, 3.05) is 44.2 Å². The average Bonchev–Trinajstić information content (AvgIpc) is 3.00. The quantitative estimate of drug-likeness (QED) is 0.889. The molecular weight excluding hydrogens is 340 g/mol. The van der Waals surface area contributed by atoms with E-state index in [4.69, 9.17) is 4.42 Å². The standard InChI is InChI=1S/C21H30N4O2/c1-16-13-18(27-17(16)2)14-23-8-6-19(20(26)15-23)24-9-11-25(12-10-24)21-5-3-4-7-22-21/h3-5,7,13,19-20,26H,6,8-12,14-15H2,1-2H3/t19-,20-/m1/s1. The van der Waals surface area contributed by atoms with Crippen molar-refractivity contribution in [3.8, 4) is 0 Å². The van der Waals surface area contributed by atoms with E-state index >= 15 is 0 Å². The summed E-state index contributed by atoms with van der Waals surface area (Å²) in [4.78, 5) is 11.6. The van der Waals surface area contributed by atoms with Gasteiger partial charge in [-0.05, 0) is 44.0 Å². The van der Waals surface area contributed by atoms with Crippen LogP contribution >= 0.6 is 0 Å². The fourth-order valence-electron chi connectivity index (χ4n) is 4.33. The van der Waals surface area contributed by atoms with Gasteiger partial charge < -0.3 is 14.4 Å². The summed E-state index contributed by atoms with van der Waals surface area (Å²) < 4.78 is 5.80. The number of piperidine rings is 1. The van der Waals surface area contributed by atoms with Gasteiger partial charge in [-0.2, -0.15) is 0 Å². The van der Waals surface area contributed by atoms with E-state index in [0.717, 1.165) is 63.0 Å². The van der Waals surface area contributed by atoms with E-state index in [9.17, 15) is 5.11 Å². The van der Waals surface area contributed by atoms with Crippen molar-refractivity contribution >= 4 is 5.82 Å². The molecule has 146 valence electrons. The lowest BCUT2D eigenvalue weighted by Crippen LogP contribution is -2.58. The van der Waals surface area contributed by atoms with Crippen LogP contribution < -0.4 is 4.90 Å². The molecule has 0 amide bonds. The van der Waals surface area contributed by atoms with Gasteiger partial charge in [-0.3, -0.25) is 9.80 Å². The molecule has 6 nitrogen and oxygen atoms in total. The van der Waals surface area contributed by atoms with Crippen LogP contribution in [0.5, 0.6) is 0 Å². The Morgan fingerprint density at radius 2 is 1.96 bits per heavy atom. The van der Waals surface area contributed by atoms with E-state index in [1.165, 1.54) is 5.56 Å². The zero-order valence-corrected chi connectivity index (χ0v) is 16.3. The molecule has 0 spiro atoms. The highest BCUT2D eigenvalue weighted by Crippen LogP contribution is 2.23. The van der Waals surface area contributed by atoms with Crippen molar-refractivity contribution in [2.45, 2.75) is 39.0 Å². The molecule has 0 bridgehead atoms. The monoisotopic (exact) mass is 370 g/mol. The van der Waals surface area contributed by atoms with Crippen LogP contribution in [0.1, 0.15) is 23.5 Å². The number of hydrogen-bond acceptors (Lipinski definition) is 6. The molecule has 2 atom stereocenters. The van der Waals surface area contributed by atoms with Gasteiger partial charge in [-0.15, -0.1) is 0 Å². The summed E-state index contributed by atoms with van der Waals surface area (Å²) in [5, 5.41) is 10.8. The van der Waals surface area contributed by atoms with Crippen LogP contribution in [0.4, 0.5) is 5.82 Å². The van der Waals surface area contributed by atoms with E-state index < -0.39 is 0 Å². The molecule has 0 saturated carbocycles. The van der Waals surface area contributed by atoms with Crippen molar-refractivity contribution in [2.24, 2.45) is 0 Å². The van der Waals surface area contributed by atoms with Gasteiger partial charge in [-0.1, -0.05) is 6.07 Å². The third-order valence-corrected chi connectivity index (χ3v) is 5.98. The number of piperazine rings is 1. The van der Waals surface area contributed by atoms with Crippen molar-refractivity contribution in [1.82, 2.24) is 14.8 Å². The number of pyridine rings is 1. The van der Waals surface area contributed by atoms with Crippen LogP contribution in [0.15, 0.2) is 34.9 Å². The second-order valence-electron chi connectivity index (χ2n) is 7.82. The largest absolute Gasteiger partial charge is 0.465 e. The van der Waals surface area contributed by atoms with Crippen LogP contribution in [0.2, 0.25) is 0 Å². The van der Waals surface area contributed by atoms with Gasteiger partial charge in [0.2, 0.25) is 0 Å². The molecule has 2 aromatic rings. The van der Waals surface area contributed by atoms with Gasteiger partial charge in [0.1, 0.15) is 17.3 Å². The lowest BCUT2D eigenvalue weighted by molar-refractivity contribution is -0.0187. The summed E-state index contributed by atoms with van der Waals surface area (Å²) in [5.41, 5.74) is 1.20. The molecule has 0 aliphatic carbocycles. The van der Waals surface area contributed by atoms with E-state index in [1.807, 2.05) is 25.3 Å². The Morgan fingerprint density at radius 3 is 2.59 bits per heavy atom. The number of nitrogens with zero attached hydrogens (tertiary/aromatic N) is 4. The summed E-state index contributed by atoms with van der Waals surface area (Å²) in [7, 11) is 0. The number of β-amino-alcohol motifs (C(OH)–C–C–N with tert-alkyl or cyclic N) is 1. The predicted molar refractivity (Wildman–Crippen MR) is 106 cm³/mol. The van der Waals surface area contributed by atoms with Crippen molar-refractivity contribution in [3.63, 3.8) is 0 Å². The molecule has 2 aliphatic heterocycles. The first-order valence-corrected chi connectivity index (χ1v) is 9.96. The molecule has 1 N–H and O–H groups in total. The summed E-state index contributed by atoms with van der Waals surface area (Å²) in [6.07, 6.45) is 2.55. The minimum absolute atomic E-state index is 0.257. The second kappa shape index (κ2) is 8.00. The lowest BCUT2D eigenvalue weighted by Gasteiger charge is -2.45. The van der Waals surface area contributed by atoms with Crippen molar-refractivity contribution in [3.05, 3.63) is 47.5 Å². The molecule has 0 radical (unpaired) electrons. The number of aryl methyl sites for hydroxylation is 2. The molecule has 2 aromatic heterocycles. The van der Waals surface area contributed by atoms with Gasteiger partial charge in [0.25, 0.3) is 0 Å². The normalized spacial score (nSPS) is 25.1. The number of hydrogen-bond donors (Lipinski definition) is 1. The summed E-state index contributed by atoms with van der Waals surface area (Å²) in [6.45, 7) is 10.5. The number of rotatable bonds is 4. The number of aromatic nitrogens is 1.